The second kappa shape index (κ2) is 5.10. The fourth-order valence-corrected chi connectivity index (χ4v) is 1.86. The van der Waals surface area contributed by atoms with E-state index < -0.39 is 0 Å². The highest BCUT2D eigenvalue weighted by molar-refractivity contribution is 5.42. The Hall–Kier alpha value is -1.68. The predicted octanol–water partition coefficient (Wildman–Crippen LogP) is 1.86. The molecule has 0 spiro atoms. The van der Waals surface area contributed by atoms with E-state index in [-0.39, 0.29) is 6.04 Å². The third-order valence-corrected chi connectivity index (χ3v) is 2.91. The maximum Gasteiger partial charge on any atom is 0.138 e. The van der Waals surface area contributed by atoms with Crippen LogP contribution in [0.3, 0.4) is 0 Å². The van der Waals surface area contributed by atoms with Crippen molar-refractivity contribution in [1.29, 1.82) is 0 Å². The van der Waals surface area contributed by atoms with Crippen LogP contribution >= 0.6 is 0 Å². The van der Waals surface area contributed by atoms with E-state index in [1.54, 1.807) is 17.3 Å². The second-order valence-corrected chi connectivity index (χ2v) is 4.34. The lowest BCUT2D eigenvalue weighted by molar-refractivity contribution is 0.642. The highest BCUT2D eigenvalue weighted by Crippen LogP contribution is 2.17. The molecule has 0 bridgehead atoms. The highest BCUT2D eigenvalue weighted by atomic mass is 15.3. The van der Waals surface area contributed by atoms with Gasteiger partial charge in [0.25, 0.3) is 0 Å². The molecule has 0 saturated heterocycles. The van der Waals surface area contributed by atoms with Gasteiger partial charge in [-0.1, -0.05) is 24.6 Å². The van der Waals surface area contributed by atoms with Crippen molar-refractivity contribution in [2.45, 2.75) is 32.7 Å². The molecule has 90 valence electrons. The maximum atomic E-state index is 6.03. The van der Waals surface area contributed by atoms with E-state index in [1.807, 2.05) is 0 Å². The predicted molar refractivity (Wildman–Crippen MR) is 68.1 cm³/mol. The smallest absolute Gasteiger partial charge is 0.138 e. The Morgan fingerprint density at radius 1 is 1.41 bits per heavy atom. The number of nitrogens with zero attached hydrogens (tertiary/aromatic N) is 3. The molecule has 2 rings (SSSR count). The number of aromatic nitrogens is 3. The number of nitrogens with two attached hydrogens (primary N) is 1. The van der Waals surface area contributed by atoms with Crippen LogP contribution in [0.15, 0.2) is 30.9 Å². The van der Waals surface area contributed by atoms with E-state index in [1.165, 1.54) is 11.1 Å². The van der Waals surface area contributed by atoms with Gasteiger partial charge in [-0.15, -0.1) is 0 Å². The summed E-state index contributed by atoms with van der Waals surface area (Å²) in [5.74, 6) is 0. The van der Waals surface area contributed by atoms with Crippen LogP contribution in [-0.2, 0) is 6.42 Å². The van der Waals surface area contributed by atoms with E-state index in [4.69, 9.17) is 5.73 Å². The van der Waals surface area contributed by atoms with Gasteiger partial charge in [-0.05, 0) is 31.4 Å². The summed E-state index contributed by atoms with van der Waals surface area (Å²) in [7, 11) is 0. The van der Waals surface area contributed by atoms with Gasteiger partial charge in [-0.3, -0.25) is 0 Å². The Labute approximate surface area is 101 Å². The van der Waals surface area contributed by atoms with Crippen LogP contribution in [0.5, 0.6) is 0 Å². The van der Waals surface area contributed by atoms with E-state index in [9.17, 15) is 0 Å². The summed E-state index contributed by atoms with van der Waals surface area (Å²) in [5, 5.41) is 4.17. The van der Waals surface area contributed by atoms with Crippen molar-refractivity contribution in [3.05, 3.63) is 42.0 Å². The summed E-state index contributed by atoms with van der Waals surface area (Å²) in [6.07, 6.45) is 5.10. The zero-order valence-electron chi connectivity index (χ0n) is 10.3. The first-order valence-corrected chi connectivity index (χ1v) is 5.90. The molecule has 0 amide bonds. The third kappa shape index (κ3) is 2.71. The molecular weight excluding hydrogens is 212 g/mol. The van der Waals surface area contributed by atoms with Crippen molar-refractivity contribution in [2.24, 2.45) is 5.73 Å². The molecule has 4 heteroatoms. The molecular formula is C13H18N4. The summed E-state index contributed by atoms with van der Waals surface area (Å²) in [4.78, 5) is 3.98. The van der Waals surface area contributed by atoms with Gasteiger partial charge in [-0.25, -0.2) is 9.67 Å². The molecule has 17 heavy (non-hydrogen) atoms. The molecule has 2 aromatic rings. The molecule has 1 unspecified atom stereocenters. The minimum absolute atomic E-state index is 0.194. The first-order valence-electron chi connectivity index (χ1n) is 5.90. The van der Waals surface area contributed by atoms with Crippen LogP contribution in [-0.4, -0.2) is 20.8 Å². The molecule has 1 heterocycles. The van der Waals surface area contributed by atoms with Gasteiger partial charge < -0.3 is 5.73 Å². The van der Waals surface area contributed by atoms with Crippen LogP contribution in [0.1, 0.15) is 24.5 Å². The van der Waals surface area contributed by atoms with Crippen molar-refractivity contribution < 1.29 is 0 Å². The molecule has 4 nitrogen and oxygen atoms in total. The molecule has 0 saturated carbocycles. The SMILES string of the molecule is CCC(N)Cc1cc(C)ccc1-n1cncn1. The Morgan fingerprint density at radius 3 is 2.88 bits per heavy atom. The summed E-state index contributed by atoms with van der Waals surface area (Å²) >= 11 is 0. The quantitative estimate of drug-likeness (QED) is 0.872. The largest absolute Gasteiger partial charge is 0.327 e. The molecule has 1 aromatic heterocycles. The third-order valence-electron chi connectivity index (χ3n) is 2.91. The number of hydrogen-bond acceptors (Lipinski definition) is 3. The molecule has 0 aliphatic heterocycles. The molecule has 0 aliphatic rings. The standard InChI is InChI=1S/C13H18N4/c1-3-12(14)7-11-6-10(2)4-5-13(11)17-9-15-8-16-17/h4-6,8-9,12H,3,7,14H2,1-2H3. The fraction of sp³-hybridized carbons (Fsp3) is 0.385. The Kier molecular flexibility index (Phi) is 3.54. The van der Waals surface area contributed by atoms with E-state index in [2.05, 4.69) is 42.1 Å². The van der Waals surface area contributed by atoms with E-state index in [0.717, 1.165) is 18.5 Å². The highest BCUT2D eigenvalue weighted by Gasteiger charge is 2.09. The van der Waals surface area contributed by atoms with Crippen molar-refractivity contribution >= 4 is 0 Å². The van der Waals surface area contributed by atoms with E-state index >= 15 is 0 Å². The summed E-state index contributed by atoms with van der Waals surface area (Å²) in [5.41, 5.74) is 9.57. The van der Waals surface area contributed by atoms with Gasteiger partial charge >= 0.3 is 0 Å². The van der Waals surface area contributed by atoms with E-state index in [0.29, 0.717) is 0 Å². The first kappa shape index (κ1) is 11.8. The lowest BCUT2D eigenvalue weighted by Gasteiger charge is -2.13. The van der Waals surface area contributed by atoms with Crippen LogP contribution in [0, 0.1) is 6.92 Å². The fourth-order valence-electron chi connectivity index (χ4n) is 1.86. The topological polar surface area (TPSA) is 56.7 Å². The second-order valence-electron chi connectivity index (χ2n) is 4.34. The lowest BCUT2D eigenvalue weighted by atomic mass is 10.0. The molecule has 0 aliphatic carbocycles. The number of aryl methyl sites for hydroxylation is 1. The van der Waals surface area contributed by atoms with Crippen molar-refractivity contribution in [1.82, 2.24) is 14.8 Å². The van der Waals surface area contributed by atoms with Crippen molar-refractivity contribution in [3.8, 4) is 5.69 Å². The van der Waals surface area contributed by atoms with Gasteiger partial charge in [0.2, 0.25) is 0 Å². The average Bonchev–Trinajstić information content (AvgIpc) is 2.82. The molecule has 1 aromatic carbocycles. The van der Waals surface area contributed by atoms with Gasteiger partial charge in [0.05, 0.1) is 5.69 Å². The number of rotatable bonds is 4. The number of benzene rings is 1. The summed E-state index contributed by atoms with van der Waals surface area (Å²) < 4.78 is 1.79. The monoisotopic (exact) mass is 230 g/mol. The molecule has 0 fully saturated rings. The average molecular weight is 230 g/mol. The molecule has 2 N–H and O–H groups in total. The molecule has 1 atom stereocenters. The zero-order valence-corrected chi connectivity index (χ0v) is 10.3. The Bertz CT molecular complexity index is 476. The van der Waals surface area contributed by atoms with Crippen molar-refractivity contribution in [2.75, 3.05) is 0 Å². The number of hydrogen-bond donors (Lipinski definition) is 1. The minimum Gasteiger partial charge on any atom is -0.327 e. The van der Waals surface area contributed by atoms with Gasteiger partial charge in [-0.2, -0.15) is 5.10 Å². The zero-order chi connectivity index (χ0) is 12.3. The first-order chi connectivity index (χ1) is 8.20. The van der Waals surface area contributed by atoms with Crippen LogP contribution in [0.2, 0.25) is 0 Å². The lowest BCUT2D eigenvalue weighted by Crippen LogP contribution is -2.22. The van der Waals surface area contributed by atoms with Crippen LogP contribution in [0.4, 0.5) is 0 Å². The Morgan fingerprint density at radius 2 is 2.24 bits per heavy atom. The Balaban J connectivity index is 2.38. The van der Waals surface area contributed by atoms with Gasteiger partial charge in [0.15, 0.2) is 0 Å². The maximum absolute atomic E-state index is 6.03. The summed E-state index contributed by atoms with van der Waals surface area (Å²) in [6, 6.07) is 6.52. The minimum atomic E-state index is 0.194. The normalized spacial score (nSPS) is 12.6. The van der Waals surface area contributed by atoms with Crippen LogP contribution < -0.4 is 5.73 Å². The molecule has 0 radical (unpaired) electrons. The van der Waals surface area contributed by atoms with Crippen molar-refractivity contribution in [3.63, 3.8) is 0 Å². The van der Waals surface area contributed by atoms with Gasteiger partial charge in [0, 0.05) is 6.04 Å². The van der Waals surface area contributed by atoms with Gasteiger partial charge in [0.1, 0.15) is 12.7 Å². The summed E-state index contributed by atoms with van der Waals surface area (Å²) in [6.45, 7) is 4.20. The van der Waals surface area contributed by atoms with Crippen LogP contribution in [0.25, 0.3) is 5.69 Å².